The van der Waals surface area contributed by atoms with E-state index in [-0.39, 0.29) is 29.5 Å². The van der Waals surface area contributed by atoms with Crippen molar-refractivity contribution in [2.24, 2.45) is 0 Å². The Balaban J connectivity index is 2.84. The van der Waals surface area contributed by atoms with Crippen LogP contribution in [0, 0.1) is 0 Å². The second kappa shape index (κ2) is 5.29. The average Bonchev–Trinajstić information content (AvgIpc) is 2.37. The van der Waals surface area contributed by atoms with E-state index in [0.29, 0.717) is 6.54 Å². The molecule has 0 unspecified atom stereocenters. The van der Waals surface area contributed by atoms with E-state index >= 15 is 0 Å². The third-order valence-corrected chi connectivity index (χ3v) is 2.65. The van der Waals surface area contributed by atoms with Gasteiger partial charge in [-0.25, -0.2) is 0 Å². The minimum absolute atomic E-state index is 0.155. The summed E-state index contributed by atoms with van der Waals surface area (Å²) in [5.74, 6) is 0. The van der Waals surface area contributed by atoms with Crippen LogP contribution in [0.15, 0.2) is 12.7 Å². The normalized spacial score (nSPS) is 30.7. The van der Waals surface area contributed by atoms with Crippen molar-refractivity contribution in [3.63, 3.8) is 0 Å². The van der Waals surface area contributed by atoms with Crippen molar-refractivity contribution in [3.8, 4) is 0 Å². The molecule has 0 bridgehead atoms. The van der Waals surface area contributed by atoms with Crippen LogP contribution >= 0.6 is 0 Å². The van der Waals surface area contributed by atoms with E-state index in [9.17, 15) is 5.21 Å². The van der Waals surface area contributed by atoms with Gasteiger partial charge in [0.1, 0.15) is 12.2 Å². The molecule has 1 saturated heterocycles. The number of hydrogen-bond acceptors (Lipinski definition) is 4. The Morgan fingerprint density at radius 3 is 2.00 bits per heavy atom. The summed E-state index contributed by atoms with van der Waals surface area (Å²) in [6, 6.07) is -0.225. The lowest BCUT2D eigenvalue weighted by atomic mass is 10.1. The number of ether oxygens (including phenoxy) is 2. The molecule has 1 aliphatic heterocycles. The summed E-state index contributed by atoms with van der Waals surface area (Å²) < 4.78 is 12.0. The Hall–Kier alpha value is -0.420. The van der Waals surface area contributed by atoms with Gasteiger partial charge in [0.25, 0.3) is 0 Å². The van der Waals surface area contributed by atoms with E-state index < -0.39 is 0 Å². The maximum absolute atomic E-state index is 9.93. The van der Waals surface area contributed by atoms with Gasteiger partial charge >= 0.3 is 0 Å². The van der Waals surface area contributed by atoms with Crippen LogP contribution in [0.4, 0.5) is 0 Å². The second-order valence-electron chi connectivity index (χ2n) is 6.81. The molecular weight excluding hydrogens is 230 g/mol. The van der Waals surface area contributed by atoms with Gasteiger partial charge in [-0.05, 0) is 41.5 Å². The lowest BCUT2D eigenvalue weighted by Gasteiger charge is -2.33. The van der Waals surface area contributed by atoms with Crippen LogP contribution in [-0.2, 0) is 9.47 Å². The number of rotatable bonds is 3. The van der Waals surface area contributed by atoms with Crippen molar-refractivity contribution < 1.29 is 14.7 Å². The maximum Gasteiger partial charge on any atom is 0.107 e. The minimum atomic E-state index is -0.281. The van der Waals surface area contributed by atoms with Crippen LogP contribution in [0.3, 0.4) is 0 Å². The molecule has 1 aliphatic rings. The maximum atomic E-state index is 9.93. The molecule has 1 N–H and O–H groups in total. The standard InChI is InChI=1S/C14H27NO3/c1-8-10-12(18-14(5,6)7)11(9-15(10)16)17-13(2,3)4/h8,10-12,16H,1,9H2,2-7H3/t10-,11-,12-/m0/s1. The van der Waals surface area contributed by atoms with Gasteiger partial charge in [0.2, 0.25) is 0 Å². The largest absolute Gasteiger partial charge is 0.368 e. The summed E-state index contributed by atoms with van der Waals surface area (Å²) in [6.45, 7) is 16.2. The molecule has 18 heavy (non-hydrogen) atoms. The number of hydroxylamine groups is 2. The average molecular weight is 257 g/mol. The van der Waals surface area contributed by atoms with E-state index in [4.69, 9.17) is 9.47 Å². The molecule has 0 aliphatic carbocycles. The zero-order chi connectivity index (χ0) is 14.1. The Labute approximate surface area is 111 Å². The molecule has 1 fully saturated rings. The van der Waals surface area contributed by atoms with Crippen LogP contribution < -0.4 is 0 Å². The molecule has 1 rings (SSSR count). The summed E-state index contributed by atoms with van der Waals surface area (Å²) in [5, 5.41) is 11.2. The summed E-state index contributed by atoms with van der Waals surface area (Å²) in [5.41, 5.74) is -0.544. The molecule has 0 aromatic carbocycles. The van der Waals surface area contributed by atoms with E-state index in [0.717, 1.165) is 0 Å². The van der Waals surface area contributed by atoms with Crippen molar-refractivity contribution in [1.29, 1.82) is 0 Å². The number of hydrogen-bond donors (Lipinski definition) is 1. The molecule has 4 heteroatoms. The molecule has 0 aromatic heterocycles. The van der Waals surface area contributed by atoms with Gasteiger partial charge in [-0.2, -0.15) is 5.06 Å². The van der Waals surface area contributed by atoms with Gasteiger partial charge in [-0.1, -0.05) is 6.08 Å². The highest BCUT2D eigenvalue weighted by Crippen LogP contribution is 2.29. The van der Waals surface area contributed by atoms with Crippen molar-refractivity contribution in [2.75, 3.05) is 6.54 Å². The van der Waals surface area contributed by atoms with Crippen LogP contribution in [0.25, 0.3) is 0 Å². The number of nitrogens with zero attached hydrogens (tertiary/aromatic N) is 1. The Kier molecular flexibility index (Phi) is 4.60. The Bertz CT molecular complexity index is 290. The van der Waals surface area contributed by atoms with Gasteiger partial charge in [-0.3, -0.25) is 0 Å². The monoisotopic (exact) mass is 257 g/mol. The molecule has 106 valence electrons. The fraction of sp³-hybridized carbons (Fsp3) is 0.857. The first-order valence-electron chi connectivity index (χ1n) is 6.47. The SMILES string of the molecule is C=C[C@H]1[C@H](OC(C)(C)C)[C@@H](OC(C)(C)C)CN1O. The molecule has 0 saturated carbocycles. The second-order valence-corrected chi connectivity index (χ2v) is 6.81. The van der Waals surface area contributed by atoms with Crippen molar-refractivity contribution in [2.45, 2.75) is 71.0 Å². The van der Waals surface area contributed by atoms with Gasteiger partial charge in [-0.15, -0.1) is 6.58 Å². The molecule has 0 aromatic rings. The van der Waals surface area contributed by atoms with Gasteiger partial charge < -0.3 is 14.7 Å². The first-order valence-corrected chi connectivity index (χ1v) is 6.47. The quantitative estimate of drug-likeness (QED) is 0.789. The summed E-state index contributed by atoms with van der Waals surface area (Å²) >= 11 is 0. The van der Waals surface area contributed by atoms with Gasteiger partial charge in [0.05, 0.1) is 23.8 Å². The van der Waals surface area contributed by atoms with E-state index in [1.54, 1.807) is 6.08 Å². The van der Waals surface area contributed by atoms with Crippen molar-refractivity contribution in [3.05, 3.63) is 12.7 Å². The minimum Gasteiger partial charge on any atom is -0.368 e. The topological polar surface area (TPSA) is 41.9 Å². The van der Waals surface area contributed by atoms with Crippen molar-refractivity contribution >= 4 is 0 Å². The Morgan fingerprint density at radius 1 is 1.11 bits per heavy atom. The summed E-state index contributed by atoms with van der Waals surface area (Å²) in [6.07, 6.45) is 1.35. The Morgan fingerprint density at radius 2 is 1.61 bits per heavy atom. The lowest BCUT2D eigenvalue weighted by molar-refractivity contribution is -0.149. The highest BCUT2D eigenvalue weighted by molar-refractivity contribution is 5.02. The van der Waals surface area contributed by atoms with Crippen LogP contribution in [-0.4, -0.2) is 46.3 Å². The molecule has 0 radical (unpaired) electrons. The smallest absolute Gasteiger partial charge is 0.107 e. The zero-order valence-electron chi connectivity index (χ0n) is 12.4. The van der Waals surface area contributed by atoms with Crippen molar-refractivity contribution in [1.82, 2.24) is 5.06 Å². The highest BCUT2D eigenvalue weighted by Gasteiger charge is 2.44. The van der Waals surface area contributed by atoms with E-state index in [2.05, 4.69) is 6.58 Å². The third-order valence-electron chi connectivity index (χ3n) is 2.65. The van der Waals surface area contributed by atoms with E-state index in [1.165, 1.54) is 5.06 Å². The zero-order valence-corrected chi connectivity index (χ0v) is 12.4. The summed E-state index contributed by atoms with van der Waals surface area (Å²) in [4.78, 5) is 0. The predicted octanol–water partition coefficient (Wildman–Crippen LogP) is 2.61. The van der Waals surface area contributed by atoms with Crippen LogP contribution in [0.1, 0.15) is 41.5 Å². The van der Waals surface area contributed by atoms with Gasteiger partial charge in [0, 0.05) is 0 Å². The lowest BCUT2D eigenvalue weighted by Crippen LogP contribution is -2.43. The molecule has 4 nitrogen and oxygen atoms in total. The predicted molar refractivity (Wildman–Crippen MR) is 71.7 cm³/mol. The van der Waals surface area contributed by atoms with Crippen LogP contribution in [0.2, 0.25) is 0 Å². The van der Waals surface area contributed by atoms with Crippen LogP contribution in [0.5, 0.6) is 0 Å². The summed E-state index contributed by atoms with van der Waals surface area (Å²) in [7, 11) is 0. The fourth-order valence-electron chi connectivity index (χ4n) is 2.17. The molecule has 0 spiro atoms. The van der Waals surface area contributed by atoms with E-state index in [1.807, 2.05) is 41.5 Å². The fourth-order valence-corrected chi connectivity index (χ4v) is 2.17. The third kappa shape index (κ3) is 4.35. The molecular formula is C14H27NO3. The molecule has 0 amide bonds. The van der Waals surface area contributed by atoms with Gasteiger partial charge in [0.15, 0.2) is 0 Å². The molecule has 3 atom stereocenters. The molecule has 1 heterocycles. The first-order chi connectivity index (χ1) is 8.03. The first kappa shape index (κ1) is 15.6. The highest BCUT2D eigenvalue weighted by atomic mass is 16.6.